The third-order valence-corrected chi connectivity index (χ3v) is 2.31. The summed E-state index contributed by atoms with van der Waals surface area (Å²) in [5.41, 5.74) is -0.0493. The summed E-state index contributed by atoms with van der Waals surface area (Å²) in [4.78, 5) is 13.7. The topological polar surface area (TPSA) is 55.1 Å². The summed E-state index contributed by atoms with van der Waals surface area (Å²) in [6.45, 7) is 0. The van der Waals surface area contributed by atoms with Crippen LogP contribution in [0.15, 0.2) is 6.20 Å². The van der Waals surface area contributed by atoms with Crippen molar-refractivity contribution in [3.63, 3.8) is 0 Å². The van der Waals surface area contributed by atoms with Gasteiger partial charge in [-0.2, -0.15) is 13.2 Å². The van der Waals surface area contributed by atoms with Gasteiger partial charge in [-0.05, 0) is 12.8 Å². The maximum atomic E-state index is 12.6. The van der Waals surface area contributed by atoms with E-state index in [0.717, 1.165) is 4.57 Å². The van der Waals surface area contributed by atoms with Crippen molar-refractivity contribution in [1.82, 2.24) is 9.55 Å². The van der Waals surface area contributed by atoms with E-state index in [9.17, 15) is 18.0 Å². The van der Waals surface area contributed by atoms with Crippen molar-refractivity contribution >= 4 is 5.97 Å². The second-order valence-corrected chi connectivity index (χ2v) is 3.76. The van der Waals surface area contributed by atoms with Crippen LogP contribution in [0.3, 0.4) is 0 Å². The van der Waals surface area contributed by atoms with Gasteiger partial charge in [-0.15, -0.1) is 0 Å². The maximum absolute atomic E-state index is 12.6. The SMILES string of the molecule is O=C(O)Cc1cn(C2CC2)c(C(F)(F)F)n1. The van der Waals surface area contributed by atoms with Crippen molar-refractivity contribution in [3.05, 3.63) is 17.7 Å². The number of alkyl halides is 3. The van der Waals surface area contributed by atoms with Gasteiger partial charge in [-0.25, -0.2) is 4.98 Å². The molecule has 7 heteroatoms. The van der Waals surface area contributed by atoms with Gasteiger partial charge < -0.3 is 9.67 Å². The van der Waals surface area contributed by atoms with Gasteiger partial charge in [-0.3, -0.25) is 4.79 Å². The summed E-state index contributed by atoms with van der Waals surface area (Å²) in [5.74, 6) is -2.18. The highest BCUT2D eigenvalue weighted by atomic mass is 19.4. The Morgan fingerprint density at radius 3 is 2.62 bits per heavy atom. The molecule has 0 atom stereocenters. The molecule has 1 heterocycles. The molecule has 1 aliphatic rings. The lowest BCUT2D eigenvalue weighted by Crippen LogP contribution is -2.13. The van der Waals surface area contributed by atoms with Gasteiger partial charge in [0.2, 0.25) is 5.82 Å². The first-order valence-electron chi connectivity index (χ1n) is 4.74. The fourth-order valence-corrected chi connectivity index (χ4v) is 1.53. The van der Waals surface area contributed by atoms with Gasteiger partial charge in [0.15, 0.2) is 0 Å². The van der Waals surface area contributed by atoms with Crippen LogP contribution in [0.5, 0.6) is 0 Å². The van der Waals surface area contributed by atoms with E-state index in [1.807, 2.05) is 0 Å². The first-order chi connectivity index (χ1) is 7.38. The molecule has 16 heavy (non-hydrogen) atoms. The first-order valence-corrected chi connectivity index (χ1v) is 4.74. The fraction of sp³-hybridized carbons (Fsp3) is 0.556. The summed E-state index contributed by atoms with van der Waals surface area (Å²) in [6.07, 6.45) is -2.45. The Kier molecular flexibility index (Phi) is 2.40. The molecule has 1 saturated carbocycles. The van der Waals surface area contributed by atoms with E-state index in [1.54, 1.807) is 0 Å². The largest absolute Gasteiger partial charge is 0.481 e. The molecule has 1 N–H and O–H groups in total. The van der Waals surface area contributed by atoms with Crippen LogP contribution in [0.1, 0.15) is 30.4 Å². The number of carboxylic acid groups (broad SMARTS) is 1. The van der Waals surface area contributed by atoms with E-state index in [4.69, 9.17) is 5.11 Å². The molecule has 1 aromatic rings. The molecule has 0 amide bonds. The molecule has 0 bridgehead atoms. The minimum absolute atomic E-state index is 0.0493. The summed E-state index contributed by atoms with van der Waals surface area (Å²) >= 11 is 0. The molecule has 4 nitrogen and oxygen atoms in total. The highest BCUT2D eigenvalue weighted by molar-refractivity contribution is 5.69. The molecule has 1 fully saturated rings. The van der Waals surface area contributed by atoms with Crippen molar-refractivity contribution in [2.24, 2.45) is 0 Å². The number of hydrogen-bond donors (Lipinski definition) is 1. The third-order valence-electron chi connectivity index (χ3n) is 2.31. The lowest BCUT2D eigenvalue weighted by molar-refractivity contribution is -0.147. The quantitative estimate of drug-likeness (QED) is 0.868. The predicted molar refractivity (Wildman–Crippen MR) is 46.8 cm³/mol. The monoisotopic (exact) mass is 234 g/mol. The molecule has 0 saturated heterocycles. The van der Waals surface area contributed by atoms with Gasteiger partial charge in [0.05, 0.1) is 12.1 Å². The minimum atomic E-state index is -4.53. The number of aromatic nitrogens is 2. The van der Waals surface area contributed by atoms with Crippen LogP contribution in [-0.2, 0) is 17.4 Å². The van der Waals surface area contributed by atoms with Crippen LogP contribution in [0, 0.1) is 0 Å². The lowest BCUT2D eigenvalue weighted by Gasteiger charge is -2.08. The maximum Gasteiger partial charge on any atom is 0.449 e. The second-order valence-electron chi connectivity index (χ2n) is 3.76. The van der Waals surface area contributed by atoms with E-state index in [0.29, 0.717) is 12.8 Å². The lowest BCUT2D eigenvalue weighted by atomic mass is 10.3. The van der Waals surface area contributed by atoms with E-state index < -0.39 is 24.4 Å². The first kappa shape index (κ1) is 11.0. The number of carbonyl (C=O) groups is 1. The fourth-order valence-electron chi connectivity index (χ4n) is 1.53. The molecule has 0 spiro atoms. The van der Waals surface area contributed by atoms with E-state index in [1.165, 1.54) is 6.20 Å². The van der Waals surface area contributed by atoms with Crippen molar-refractivity contribution in [1.29, 1.82) is 0 Å². The van der Waals surface area contributed by atoms with Crippen LogP contribution in [0.4, 0.5) is 13.2 Å². The number of rotatable bonds is 3. The van der Waals surface area contributed by atoms with E-state index >= 15 is 0 Å². The molecule has 0 aliphatic heterocycles. The Bertz CT molecular complexity index is 421. The van der Waals surface area contributed by atoms with Crippen LogP contribution in [-0.4, -0.2) is 20.6 Å². The van der Waals surface area contributed by atoms with Gasteiger partial charge >= 0.3 is 12.1 Å². The van der Waals surface area contributed by atoms with Crippen LogP contribution < -0.4 is 0 Å². The number of nitrogens with zero attached hydrogens (tertiary/aromatic N) is 2. The van der Waals surface area contributed by atoms with Gasteiger partial charge in [0.25, 0.3) is 0 Å². The Balaban J connectivity index is 2.34. The number of hydrogen-bond acceptors (Lipinski definition) is 2. The third kappa shape index (κ3) is 2.17. The molecule has 1 aliphatic carbocycles. The molecule has 0 unspecified atom stereocenters. The van der Waals surface area contributed by atoms with Gasteiger partial charge in [0.1, 0.15) is 0 Å². The van der Waals surface area contributed by atoms with Crippen LogP contribution in [0.2, 0.25) is 0 Å². The smallest absolute Gasteiger partial charge is 0.449 e. The number of carboxylic acids is 1. The summed E-state index contributed by atoms with van der Waals surface area (Å²) in [7, 11) is 0. The highest BCUT2D eigenvalue weighted by Crippen LogP contribution is 2.40. The molecule has 0 radical (unpaired) electrons. The highest BCUT2D eigenvalue weighted by Gasteiger charge is 2.40. The zero-order chi connectivity index (χ0) is 11.9. The zero-order valence-corrected chi connectivity index (χ0v) is 8.16. The van der Waals surface area contributed by atoms with Crippen LogP contribution >= 0.6 is 0 Å². The number of imidazole rings is 1. The number of aliphatic carboxylic acids is 1. The van der Waals surface area contributed by atoms with Gasteiger partial charge in [0, 0.05) is 12.2 Å². The average molecular weight is 234 g/mol. The molecule has 2 rings (SSSR count). The van der Waals surface area contributed by atoms with Gasteiger partial charge in [-0.1, -0.05) is 0 Å². The molecule has 0 aromatic carbocycles. The summed E-state index contributed by atoms with van der Waals surface area (Å²) < 4.78 is 38.7. The Labute approximate surface area is 88.7 Å². The molecular formula is C9H9F3N2O2. The minimum Gasteiger partial charge on any atom is -0.481 e. The zero-order valence-electron chi connectivity index (χ0n) is 8.16. The Morgan fingerprint density at radius 1 is 1.56 bits per heavy atom. The molecular weight excluding hydrogens is 225 g/mol. The predicted octanol–water partition coefficient (Wildman–Crippen LogP) is 1.86. The van der Waals surface area contributed by atoms with Crippen molar-refractivity contribution in [2.75, 3.05) is 0 Å². The normalized spacial score (nSPS) is 16.4. The molecule has 88 valence electrons. The summed E-state index contributed by atoms with van der Waals surface area (Å²) in [6, 6.07) is -0.174. The van der Waals surface area contributed by atoms with E-state index in [-0.39, 0.29) is 11.7 Å². The standard InChI is InChI=1S/C9H9F3N2O2/c10-9(11,12)8-13-5(3-7(15)16)4-14(8)6-1-2-6/h4,6H,1-3H2,(H,15,16). The average Bonchev–Trinajstić information content (AvgIpc) is 2.86. The van der Waals surface area contributed by atoms with Crippen molar-refractivity contribution in [2.45, 2.75) is 31.5 Å². The van der Waals surface area contributed by atoms with Crippen molar-refractivity contribution < 1.29 is 23.1 Å². The van der Waals surface area contributed by atoms with E-state index in [2.05, 4.69) is 4.98 Å². The Morgan fingerprint density at radius 2 is 2.19 bits per heavy atom. The summed E-state index contributed by atoms with van der Waals surface area (Å²) in [5, 5.41) is 8.49. The number of halogens is 3. The second kappa shape index (κ2) is 3.50. The Hall–Kier alpha value is -1.53. The van der Waals surface area contributed by atoms with Crippen LogP contribution in [0.25, 0.3) is 0 Å². The van der Waals surface area contributed by atoms with Crippen molar-refractivity contribution in [3.8, 4) is 0 Å². The molecule has 1 aromatic heterocycles.